The third-order valence-electron chi connectivity index (χ3n) is 5.08. The average molecular weight is 436 g/mol. The fourth-order valence-corrected chi connectivity index (χ4v) is 4.62. The number of anilines is 1. The summed E-state index contributed by atoms with van der Waals surface area (Å²) < 4.78 is 5.33. The highest BCUT2D eigenvalue weighted by atomic mass is 32.2. The lowest BCUT2D eigenvalue weighted by atomic mass is 10.1. The molecule has 2 aliphatic heterocycles. The van der Waals surface area contributed by atoms with Gasteiger partial charge in [0.25, 0.3) is 5.91 Å². The maximum Gasteiger partial charge on any atom is 0.258 e. The number of nitrogens with one attached hydrogen (secondary N) is 1. The molecule has 31 heavy (non-hydrogen) atoms. The summed E-state index contributed by atoms with van der Waals surface area (Å²) in [4.78, 5) is 32.4. The molecule has 2 aromatic rings. The Kier molecular flexibility index (Phi) is 6.09. The van der Waals surface area contributed by atoms with E-state index < -0.39 is 5.25 Å². The van der Waals surface area contributed by atoms with E-state index in [2.05, 4.69) is 10.3 Å². The van der Waals surface area contributed by atoms with Crippen LogP contribution >= 0.6 is 11.8 Å². The summed E-state index contributed by atoms with van der Waals surface area (Å²) in [7, 11) is 0. The highest BCUT2D eigenvalue weighted by Gasteiger charge is 2.40. The molecule has 4 rings (SSSR count). The number of nitrogens with two attached hydrogens (primary N) is 1. The molecule has 2 aliphatic rings. The number of carbonyl (C=O) groups excluding carboxylic acids is 2. The predicted molar refractivity (Wildman–Crippen MR) is 118 cm³/mol. The van der Waals surface area contributed by atoms with Crippen molar-refractivity contribution in [2.45, 2.75) is 24.6 Å². The van der Waals surface area contributed by atoms with Gasteiger partial charge in [-0.25, -0.2) is 0 Å². The van der Waals surface area contributed by atoms with E-state index in [1.165, 1.54) is 0 Å². The maximum atomic E-state index is 13.1. The molecule has 1 fully saturated rings. The molecule has 3 heterocycles. The van der Waals surface area contributed by atoms with Gasteiger partial charge in [-0.2, -0.15) is 5.26 Å². The lowest BCUT2D eigenvalue weighted by Crippen LogP contribution is -2.33. The number of nitrogens with zero attached hydrogens (tertiary/aromatic N) is 3. The molecule has 8 nitrogen and oxygen atoms in total. The Balaban J connectivity index is 1.60. The van der Waals surface area contributed by atoms with Crippen LogP contribution in [0.1, 0.15) is 24.2 Å². The number of rotatable bonds is 5. The van der Waals surface area contributed by atoms with Gasteiger partial charge in [0.05, 0.1) is 30.0 Å². The number of thioether (sulfide) groups is 1. The minimum atomic E-state index is -0.789. The molecule has 1 aromatic carbocycles. The summed E-state index contributed by atoms with van der Waals surface area (Å²) in [6.45, 7) is 1.59. The Morgan fingerprint density at radius 1 is 1.29 bits per heavy atom. The fourth-order valence-electron chi connectivity index (χ4n) is 3.52. The van der Waals surface area contributed by atoms with E-state index in [0.717, 1.165) is 24.6 Å². The first-order valence-electron chi connectivity index (χ1n) is 9.90. The predicted octanol–water partition coefficient (Wildman–Crippen LogP) is 2.64. The number of nitriles is 1. The van der Waals surface area contributed by atoms with E-state index in [1.54, 1.807) is 47.6 Å². The molecule has 0 spiro atoms. The van der Waals surface area contributed by atoms with Gasteiger partial charge in [0.1, 0.15) is 16.1 Å². The second-order valence-corrected chi connectivity index (χ2v) is 8.30. The van der Waals surface area contributed by atoms with Gasteiger partial charge in [-0.15, -0.1) is 0 Å². The zero-order valence-electron chi connectivity index (χ0n) is 16.7. The van der Waals surface area contributed by atoms with Gasteiger partial charge < -0.3 is 20.4 Å². The van der Waals surface area contributed by atoms with E-state index in [-0.39, 0.29) is 24.1 Å². The largest absolute Gasteiger partial charge is 0.467 e. The van der Waals surface area contributed by atoms with Crippen molar-refractivity contribution in [2.24, 2.45) is 10.7 Å². The molecule has 0 aliphatic carbocycles. The first-order valence-corrected chi connectivity index (χ1v) is 10.8. The summed E-state index contributed by atoms with van der Waals surface area (Å²) in [6, 6.07) is 12.2. The molecular weight excluding hydrogens is 414 g/mol. The molecule has 158 valence electrons. The van der Waals surface area contributed by atoms with Gasteiger partial charge in [0.15, 0.2) is 0 Å². The van der Waals surface area contributed by atoms with Crippen LogP contribution in [-0.2, 0) is 16.1 Å². The van der Waals surface area contributed by atoms with Crippen LogP contribution in [0.3, 0.4) is 0 Å². The van der Waals surface area contributed by atoms with E-state index in [9.17, 15) is 9.59 Å². The van der Waals surface area contributed by atoms with Crippen LogP contribution in [0.4, 0.5) is 5.69 Å². The van der Waals surface area contributed by atoms with Crippen molar-refractivity contribution in [2.75, 3.05) is 18.4 Å². The van der Waals surface area contributed by atoms with Crippen LogP contribution in [0.5, 0.6) is 0 Å². The Hall–Kier alpha value is -3.51. The summed E-state index contributed by atoms with van der Waals surface area (Å²) in [5, 5.41) is 11.5. The van der Waals surface area contributed by atoms with Crippen LogP contribution in [0.15, 0.2) is 63.3 Å². The molecular formula is C22H21N5O3S. The van der Waals surface area contributed by atoms with Gasteiger partial charge in [0.2, 0.25) is 5.91 Å². The summed E-state index contributed by atoms with van der Waals surface area (Å²) in [6.07, 6.45) is 3.46. The third-order valence-corrected chi connectivity index (χ3v) is 6.34. The summed E-state index contributed by atoms with van der Waals surface area (Å²) in [5.74, 6) is 0.0934. The monoisotopic (exact) mass is 435 g/mol. The number of hydrogen-bond donors (Lipinski definition) is 2. The molecule has 2 amide bonds. The number of benzene rings is 1. The second kappa shape index (κ2) is 9.10. The normalized spacial score (nSPS) is 19.6. The molecule has 0 bridgehead atoms. The zero-order chi connectivity index (χ0) is 21.8. The molecule has 1 atom stereocenters. The summed E-state index contributed by atoms with van der Waals surface area (Å²) in [5.41, 5.74) is 7.76. The number of hydrogen-bond acceptors (Lipinski definition) is 7. The smallest absolute Gasteiger partial charge is 0.258 e. The van der Waals surface area contributed by atoms with Crippen molar-refractivity contribution in [1.82, 2.24) is 4.90 Å². The summed E-state index contributed by atoms with van der Waals surface area (Å²) >= 11 is 1.16. The van der Waals surface area contributed by atoms with Crippen LogP contribution in [-0.4, -0.2) is 40.1 Å². The van der Waals surface area contributed by atoms with Crippen LogP contribution in [0.25, 0.3) is 0 Å². The Labute approximate surface area is 183 Å². The number of amides is 2. The average Bonchev–Trinajstić information content (AvgIpc) is 3.53. The van der Waals surface area contributed by atoms with Crippen LogP contribution < -0.4 is 11.1 Å². The Morgan fingerprint density at radius 2 is 2.10 bits per heavy atom. The van der Waals surface area contributed by atoms with Gasteiger partial charge in [-0.1, -0.05) is 17.8 Å². The second-order valence-electron chi connectivity index (χ2n) is 7.21. The Morgan fingerprint density at radius 3 is 2.81 bits per heavy atom. The van der Waals surface area contributed by atoms with Gasteiger partial charge in [-0.05, 0) is 43.2 Å². The van der Waals surface area contributed by atoms with Crippen LogP contribution in [0.2, 0.25) is 0 Å². The molecule has 1 aromatic heterocycles. The SMILES string of the molecule is N#Cc1cccc(NC(=O)[C@@H]2SC(=NCc3ccco3)C(C(=O)N3CCCC3)=C2N)c1. The highest BCUT2D eigenvalue weighted by molar-refractivity contribution is 8.16. The molecule has 0 radical (unpaired) electrons. The van der Waals surface area contributed by atoms with Gasteiger partial charge in [0, 0.05) is 24.5 Å². The standard InChI is InChI=1S/C22H21N5O3S/c23-12-14-5-3-6-15(11-14)26-20(28)19-18(24)17(22(29)27-8-1-2-9-27)21(31-19)25-13-16-7-4-10-30-16/h3-7,10-11,19H,1-2,8-9,13,24H2,(H,26,28)/t19-/m1/s1. The minimum absolute atomic E-state index is 0.192. The van der Waals surface area contributed by atoms with Crippen LogP contribution in [0, 0.1) is 11.3 Å². The quantitative estimate of drug-likeness (QED) is 0.744. The molecule has 0 unspecified atom stereocenters. The third kappa shape index (κ3) is 4.49. The Bertz CT molecular complexity index is 1090. The van der Waals surface area contributed by atoms with Gasteiger partial charge in [-0.3, -0.25) is 14.6 Å². The van der Waals surface area contributed by atoms with Crippen molar-refractivity contribution in [3.05, 3.63) is 65.3 Å². The van der Waals surface area contributed by atoms with Crippen molar-refractivity contribution >= 4 is 34.3 Å². The topological polar surface area (TPSA) is 125 Å². The molecule has 0 saturated carbocycles. The van der Waals surface area contributed by atoms with E-state index in [0.29, 0.717) is 40.7 Å². The molecule has 3 N–H and O–H groups in total. The van der Waals surface area contributed by atoms with Crippen molar-refractivity contribution < 1.29 is 14.0 Å². The first-order chi connectivity index (χ1) is 15.1. The first kappa shape index (κ1) is 20.8. The van der Waals surface area contributed by atoms with Crippen molar-refractivity contribution in [1.29, 1.82) is 5.26 Å². The number of carbonyl (C=O) groups is 2. The lowest BCUT2D eigenvalue weighted by Gasteiger charge is -2.16. The van der Waals surface area contributed by atoms with Crippen molar-refractivity contribution in [3.8, 4) is 6.07 Å². The minimum Gasteiger partial charge on any atom is -0.467 e. The number of furan rings is 1. The fraction of sp³-hybridized carbons (Fsp3) is 0.273. The van der Waals surface area contributed by atoms with E-state index in [4.69, 9.17) is 15.4 Å². The zero-order valence-corrected chi connectivity index (χ0v) is 17.5. The van der Waals surface area contributed by atoms with Crippen molar-refractivity contribution in [3.63, 3.8) is 0 Å². The van der Waals surface area contributed by atoms with Gasteiger partial charge >= 0.3 is 0 Å². The van der Waals surface area contributed by atoms with E-state index in [1.807, 2.05) is 6.07 Å². The van der Waals surface area contributed by atoms with E-state index >= 15 is 0 Å². The highest BCUT2D eigenvalue weighted by Crippen LogP contribution is 2.35. The maximum absolute atomic E-state index is 13.1. The molecule has 1 saturated heterocycles. The number of likely N-dealkylation sites (tertiary alicyclic amines) is 1. The number of aliphatic imine (C=N–C) groups is 1. The molecule has 9 heteroatoms. The lowest BCUT2D eigenvalue weighted by molar-refractivity contribution is -0.125.